The molecule has 0 aliphatic carbocycles. The van der Waals surface area contributed by atoms with Gasteiger partial charge in [-0.25, -0.2) is 14.2 Å². The van der Waals surface area contributed by atoms with Gasteiger partial charge in [0.15, 0.2) is 5.58 Å². The van der Waals surface area contributed by atoms with Crippen molar-refractivity contribution in [3.63, 3.8) is 0 Å². The average Bonchev–Trinajstić information content (AvgIpc) is 3.24. The van der Waals surface area contributed by atoms with Gasteiger partial charge in [-0.05, 0) is 44.7 Å². The van der Waals surface area contributed by atoms with Crippen molar-refractivity contribution in [1.82, 2.24) is 19.6 Å². The molecular weight excluding hydrogens is 427 g/mol. The number of carbonyl (C=O) groups is 1. The number of nitrogens with zero attached hydrogens (tertiary/aromatic N) is 4. The zero-order valence-electron chi connectivity index (χ0n) is 18.7. The Morgan fingerprint density at radius 2 is 2.06 bits per heavy atom. The van der Waals surface area contributed by atoms with E-state index in [1.54, 1.807) is 15.5 Å². The van der Waals surface area contributed by atoms with Crippen LogP contribution in [0.2, 0.25) is 0 Å². The van der Waals surface area contributed by atoms with Gasteiger partial charge in [0.2, 0.25) is 0 Å². The van der Waals surface area contributed by atoms with Crippen molar-refractivity contribution >= 4 is 17.1 Å². The maximum absolute atomic E-state index is 13.4. The Labute approximate surface area is 190 Å². The summed E-state index contributed by atoms with van der Waals surface area (Å²) in [5.41, 5.74) is 2.60. The molecule has 2 aliphatic rings. The van der Waals surface area contributed by atoms with E-state index in [0.29, 0.717) is 37.2 Å². The molecule has 3 aromatic rings. The number of likely N-dealkylation sites (tertiary alicyclic amines) is 1. The minimum atomic E-state index is -0.371. The van der Waals surface area contributed by atoms with E-state index in [-0.39, 0.29) is 30.0 Å². The highest BCUT2D eigenvalue weighted by molar-refractivity contribution is 5.80. The molecule has 8 nitrogen and oxygen atoms in total. The van der Waals surface area contributed by atoms with E-state index in [4.69, 9.17) is 9.26 Å². The van der Waals surface area contributed by atoms with Crippen LogP contribution in [-0.4, -0.2) is 45.4 Å². The standard InChI is InChI=1S/C24H27FN4O4/c1-15-18(23(30)29-10-3-2-4-21(29)26-15)9-13-32-24(31)28-11-7-16(8-12-28)22-19-6-5-17(25)14-20(19)33-27-22/h5-6,14,16H,2-4,7-13H2,1H3. The zero-order chi connectivity index (χ0) is 22.9. The minimum absolute atomic E-state index is 0.00576. The number of ether oxygens (including phenoxy) is 1. The average molecular weight is 455 g/mol. The van der Waals surface area contributed by atoms with Crippen LogP contribution in [0.1, 0.15) is 54.4 Å². The lowest BCUT2D eigenvalue weighted by Crippen LogP contribution is -2.39. The van der Waals surface area contributed by atoms with Crippen molar-refractivity contribution in [3.05, 3.63) is 57.1 Å². The van der Waals surface area contributed by atoms with Crippen LogP contribution < -0.4 is 5.56 Å². The summed E-state index contributed by atoms with van der Waals surface area (Å²) >= 11 is 0. The first-order valence-electron chi connectivity index (χ1n) is 11.6. The molecule has 1 aromatic carbocycles. The number of aryl methyl sites for hydroxylation is 2. The van der Waals surface area contributed by atoms with Gasteiger partial charge in [0.05, 0.1) is 12.3 Å². The maximum Gasteiger partial charge on any atom is 0.409 e. The quantitative estimate of drug-likeness (QED) is 0.597. The monoisotopic (exact) mass is 454 g/mol. The lowest BCUT2D eigenvalue weighted by molar-refractivity contribution is 0.0931. The van der Waals surface area contributed by atoms with Crippen molar-refractivity contribution in [2.75, 3.05) is 19.7 Å². The number of piperidine rings is 1. The van der Waals surface area contributed by atoms with Gasteiger partial charge in [0, 0.05) is 61.1 Å². The fourth-order valence-corrected chi connectivity index (χ4v) is 4.91. The summed E-state index contributed by atoms with van der Waals surface area (Å²) < 4.78 is 25.9. The van der Waals surface area contributed by atoms with Crippen LogP contribution in [0.15, 0.2) is 27.5 Å². The van der Waals surface area contributed by atoms with Gasteiger partial charge >= 0.3 is 6.09 Å². The van der Waals surface area contributed by atoms with Gasteiger partial charge < -0.3 is 14.2 Å². The third kappa shape index (κ3) is 4.24. The summed E-state index contributed by atoms with van der Waals surface area (Å²) in [7, 11) is 0. The van der Waals surface area contributed by atoms with Gasteiger partial charge in [0.25, 0.3) is 5.56 Å². The molecule has 0 saturated carbocycles. The highest BCUT2D eigenvalue weighted by Crippen LogP contribution is 2.32. The van der Waals surface area contributed by atoms with E-state index >= 15 is 0 Å². The minimum Gasteiger partial charge on any atom is -0.449 e. The molecule has 2 aliphatic heterocycles. The lowest BCUT2D eigenvalue weighted by atomic mass is 9.92. The maximum atomic E-state index is 13.4. The predicted octanol–water partition coefficient (Wildman–Crippen LogP) is 3.73. The molecule has 1 fully saturated rings. The third-order valence-electron chi connectivity index (χ3n) is 6.76. The molecule has 1 saturated heterocycles. The molecular formula is C24H27FN4O4. The third-order valence-corrected chi connectivity index (χ3v) is 6.76. The Morgan fingerprint density at radius 1 is 1.24 bits per heavy atom. The number of hydrogen-bond acceptors (Lipinski definition) is 6. The summed E-state index contributed by atoms with van der Waals surface area (Å²) in [6, 6.07) is 4.43. The van der Waals surface area contributed by atoms with Crippen LogP contribution in [0.4, 0.5) is 9.18 Å². The normalized spacial score (nSPS) is 16.7. The van der Waals surface area contributed by atoms with Crippen LogP contribution in [0.25, 0.3) is 11.0 Å². The van der Waals surface area contributed by atoms with Crippen LogP contribution in [-0.2, 0) is 24.1 Å². The van der Waals surface area contributed by atoms with E-state index in [9.17, 15) is 14.0 Å². The van der Waals surface area contributed by atoms with Gasteiger partial charge in [-0.3, -0.25) is 9.36 Å². The molecule has 0 unspecified atom stereocenters. The lowest BCUT2D eigenvalue weighted by Gasteiger charge is -2.30. The molecule has 9 heteroatoms. The number of hydrogen-bond donors (Lipinski definition) is 0. The van der Waals surface area contributed by atoms with Crippen molar-refractivity contribution in [2.45, 2.75) is 57.9 Å². The van der Waals surface area contributed by atoms with E-state index in [1.807, 2.05) is 6.92 Å². The van der Waals surface area contributed by atoms with Crippen molar-refractivity contribution in [1.29, 1.82) is 0 Å². The highest BCUT2D eigenvalue weighted by atomic mass is 19.1. The second kappa shape index (κ2) is 8.96. The van der Waals surface area contributed by atoms with Crippen LogP contribution in [0.3, 0.4) is 0 Å². The molecule has 0 radical (unpaired) electrons. The van der Waals surface area contributed by atoms with Gasteiger partial charge in [0.1, 0.15) is 11.6 Å². The molecule has 33 heavy (non-hydrogen) atoms. The number of halogens is 1. The van der Waals surface area contributed by atoms with Gasteiger partial charge in [-0.2, -0.15) is 0 Å². The molecule has 0 spiro atoms. The van der Waals surface area contributed by atoms with E-state index < -0.39 is 0 Å². The summed E-state index contributed by atoms with van der Waals surface area (Å²) in [5.74, 6) is 0.647. The van der Waals surface area contributed by atoms with Crippen LogP contribution >= 0.6 is 0 Å². The Bertz CT molecular complexity index is 1240. The van der Waals surface area contributed by atoms with Gasteiger partial charge in [-0.1, -0.05) is 5.16 Å². The first-order chi connectivity index (χ1) is 16.0. The SMILES string of the molecule is Cc1nc2n(c(=O)c1CCOC(=O)N1CCC(c3noc4cc(F)ccc34)CC1)CCCC2. The Balaban J connectivity index is 1.16. The number of rotatable bonds is 4. The second-order valence-electron chi connectivity index (χ2n) is 8.84. The van der Waals surface area contributed by atoms with Crippen molar-refractivity contribution in [2.24, 2.45) is 0 Å². The Hall–Kier alpha value is -3.23. The van der Waals surface area contributed by atoms with Crippen molar-refractivity contribution in [3.8, 4) is 0 Å². The largest absolute Gasteiger partial charge is 0.449 e. The van der Waals surface area contributed by atoms with E-state index in [0.717, 1.165) is 54.7 Å². The van der Waals surface area contributed by atoms with Crippen LogP contribution in [0.5, 0.6) is 0 Å². The Kier molecular flexibility index (Phi) is 5.86. The van der Waals surface area contributed by atoms with Crippen molar-refractivity contribution < 1.29 is 18.4 Å². The van der Waals surface area contributed by atoms with Gasteiger partial charge in [-0.15, -0.1) is 0 Å². The number of aromatic nitrogens is 3. The molecule has 5 rings (SSSR count). The topological polar surface area (TPSA) is 90.5 Å². The second-order valence-corrected chi connectivity index (χ2v) is 8.84. The van der Waals surface area contributed by atoms with E-state index in [1.165, 1.54) is 12.1 Å². The molecule has 4 heterocycles. The first kappa shape index (κ1) is 21.6. The number of benzene rings is 1. The fraction of sp³-hybridized carbons (Fsp3) is 0.500. The highest BCUT2D eigenvalue weighted by Gasteiger charge is 2.28. The number of carbonyl (C=O) groups excluding carboxylic acids is 1. The summed E-state index contributed by atoms with van der Waals surface area (Å²) in [6.45, 7) is 3.79. The predicted molar refractivity (Wildman–Crippen MR) is 119 cm³/mol. The summed E-state index contributed by atoms with van der Waals surface area (Å²) in [6.07, 6.45) is 4.33. The Morgan fingerprint density at radius 3 is 2.88 bits per heavy atom. The fourth-order valence-electron chi connectivity index (χ4n) is 4.91. The molecule has 2 aromatic heterocycles. The summed E-state index contributed by atoms with van der Waals surface area (Å²) in [4.78, 5) is 31.7. The molecule has 1 amide bonds. The molecule has 0 atom stereocenters. The number of amides is 1. The smallest absolute Gasteiger partial charge is 0.409 e. The number of fused-ring (bicyclic) bond motifs is 2. The molecule has 174 valence electrons. The zero-order valence-corrected chi connectivity index (χ0v) is 18.7. The van der Waals surface area contributed by atoms with E-state index in [2.05, 4.69) is 10.1 Å². The van der Waals surface area contributed by atoms with Crippen LogP contribution in [0, 0.1) is 12.7 Å². The molecule has 0 bridgehead atoms. The first-order valence-corrected chi connectivity index (χ1v) is 11.6. The summed E-state index contributed by atoms with van der Waals surface area (Å²) in [5, 5.41) is 4.96. The molecule has 0 N–H and O–H groups in total.